The largest absolute Gasteiger partial charge is 0.381 e. The fraction of sp³-hybridized carbons (Fsp3) is 0.706. The summed E-state index contributed by atoms with van der Waals surface area (Å²) < 4.78 is 5.47. The fourth-order valence-corrected chi connectivity index (χ4v) is 3.55. The molecule has 0 saturated carbocycles. The Balaban J connectivity index is 1.55. The van der Waals surface area contributed by atoms with Gasteiger partial charge in [0.05, 0.1) is 0 Å². The van der Waals surface area contributed by atoms with Gasteiger partial charge in [-0.1, -0.05) is 6.07 Å². The van der Waals surface area contributed by atoms with Crippen molar-refractivity contribution in [2.75, 3.05) is 44.8 Å². The number of pyridine rings is 1. The maximum atomic E-state index is 5.47. The Bertz CT molecular complexity index is 419. The molecule has 3 heterocycles. The standard InChI is InChI=1S/C17H27N3O/c1-19(13-15-7-11-21-12-8-15)16-5-4-10-20(14-16)17-6-2-3-9-18-17/h2-3,6,9,15-16H,4-5,7-8,10-14H2,1H3. The molecule has 0 amide bonds. The summed E-state index contributed by atoms with van der Waals surface area (Å²) in [5.41, 5.74) is 0. The van der Waals surface area contributed by atoms with Crippen LogP contribution in [0, 0.1) is 5.92 Å². The molecule has 2 aliphatic heterocycles. The van der Waals surface area contributed by atoms with Crippen molar-refractivity contribution in [3.63, 3.8) is 0 Å². The highest BCUT2D eigenvalue weighted by Crippen LogP contribution is 2.22. The van der Waals surface area contributed by atoms with Crippen LogP contribution in [0.2, 0.25) is 0 Å². The van der Waals surface area contributed by atoms with E-state index in [1.165, 1.54) is 32.2 Å². The number of piperidine rings is 1. The van der Waals surface area contributed by atoms with Gasteiger partial charge in [-0.15, -0.1) is 0 Å². The van der Waals surface area contributed by atoms with Gasteiger partial charge in [-0.05, 0) is 50.8 Å². The molecule has 0 radical (unpaired) electrons. The Morgan fingerprint density at radius 3 is 2.90 bits per heavy atom. The Kier molecular flexibility index (Phi) is 5.09. The molecule has 116 valence electrons. The van der Waals surface area contributed by atoms with Gasteiger partial charge in [0.25, 0.3) is 0 Å². The van der Waals surface area contributed by atoms with Crippen LogP contribution in [-0.4, -0.2) is 55.8 Å². The first-order chi connectivity index (χ1) is 10.3. The molecule has 0 aliphatic carbocycles. The summed E-state index contributed by atoms with van der Waals surface area (Å²) >= 11 is 0. The summed E-state index contributed by atoms with van der Waals surface area (Å²) in [6, 6.07) is 6.85. The molecule has 21 heavy (non-hydrogen) atoms. The second-order valence-electron chi connectivity index (χ2n) is 6.43. The summed E-state index contributed by atoms with van der Waals surface area (Å²) in [5, 5.41) is 0. The third-order valence-electron chi connectivity index (χ3n) is 4.88. The minimum atomic E-state index is 0.656. The molecular formula is C17H27N3O. The molecule has 3 rings (SSSR count). The molecule has 0 N–H and O–H groups in total. The van der Waals surface area contributed by atoms with Gasteiger partial charge in [0, 0.05) is 45.1 Å². The van der Waals surface area contributed by atoms with E-state index in [1.54, 1.807) is 0 Å². The molecule has 2 saturated heterocycles. The van der Waals surface area contributed by atoms with Gasteiger partial charge < -0.3 is 14.5 Å². The van der Waals surface area contributed by atoms with E-state index in [0.29, 0.717) is 6.04 Å². The van der Waals surface area contributed by atoms with Crippen molar-refractivity contribution < 1.29 is 4.74 Å². The van der Waals surface area contributed by atoms with E-state index < -0.39 is 0 Å². The average Bonchev–Trinajstić information content (AvgIpc) is 2.57. The van der Waals surface area contributed by atoms with Gasteiger partial charge in [-0.3, -0.25) is 0 Å². The maximum absolute atomic E-state index is 5.47. The molecule has 1 aromatic heterocycles. The van der Waals surface area contributed by atoms with Crippen molar-refractivity contribution in [2.24, 2.45) is 5.92 Å². The lowest BCUT2D eigenvalue weighted by Gasteiger charge is -2.39. The lowest BCUT2D eigenvalue weighted by molar-refractivity contribution is 0.0492. The maximum Gasteiger partial charge on any atom is 0.128 e. The van der Waals surface area contributed by atoms with Crippen LogP contribution in [0.4, 0.5) is 5.82 Å². The summed E-state index contributed by atoms with van der Waals surface area (Å²) in [5.74, 6) is 1.94. The predicted molar refractivity (Wildman–Crippen MR) is 85.6 cm³/mol. The lowest BCUT2D eigenvalue weighted by Crippen LogP contribution is -2.48. The van der Waals surface area contributed by atoms with Crippen LogP contribution in [0.25, 0.3) is 0 Å². The van der Waals surface area contributed by atoms with Crippen LogP contribution in [0.3, 0.4) is 0 Å². The van der Waals surface area contributed by atoms with Crippen LogP contribution >= 0.6 is 0 Å². The molecule has 2 fully saturated rings. The number of ether oxygens (including phenoxy) is 1. The van der Waals surface area contributed by atoms with Crippen LogP contribution < -0.4 is 4.90 Å². The molecule has 2 aliphatic rings. The first kappa shape index (κ1) is 14.8. The highest BCUT2D eigenvalue weighted by molar-refractivity contribution is 5.38. The summed E-state index contributed by atoms with van der Waals surface area (Å²) in [7, 11) is 2.29. The zero-order chi connectivity index (χ0) is 14.5. The topological polar surface area (TPSA) is 28.6 Å². The zero-order valence-electron chi connectivity index (χ0n) is 13.1. The van der Waals surface area contributed by atoms with E-state index in [2.05, 4.69) is 34.0 Å². The first-order valence-electron chi connectivity index (χ1n) is 8.27. The van der Waals surface area contributed by atoms with Gasteiger partial charge in [0.15, 0.2) is 0 Å². The van der Waals surface area contributed by atoms with Crippen molar-refractivity contribution in [1.29, 1.82) is 0 Å². The quantitative estimate of drug-likeness (QED) is 0.851. The van der Waals surface area contributed by atoms with Gasteiger partial charge >= 0.3 is 0 Å². The smallest absolute Gasteiger partial charge is 0.128 e. The first-order valence-corrected chi connectivity index (χ1v) is 8.27. The van der Waals surface area contributed by atoms with Crippen LogP contribution in [-0.2, 0) is 4.74 Å². The Labute approximate surface area is 128 Å². The van der Waals surface area contributed by atoms with Crippen molar-refractivity contribution in [2.45, 2.75) is 31.7 Å². The minimum Gasteiger partial charge on any atom is -0.381 e. The van der Waals surface area contributed by atoms with Gasteiger partial charge in [0.1, 0.15) is 5.82 Å². The molecule has 1 aromatic rings. The summed E-state index contributed by atoms with van der Waals surface area (Å²) in [6.07, 6.45) is 6.91. The van der Waals surface area contributed by atoms with E-state index in [4.69, 9.17) is 4.74 Å². The second kappa shape index (κ2) is 7.23. The summed E-state index contributed by atoms with van der Waals surface area (Å²) in [4.78, 5) is 9.52. The van der Waals surface area contributed by atoms with Gasteiger partial charge in [0.2, 0.25) is 0 Å². The normalized spacial score (nSPS) is 24.5. The number of likely N-dealkylation sites (N-methyl/N-ethyl adjacent to an activating group) is 1. The number of rotatable bonds is 4. The lowest BCUT2D eigenvalue weighted by atomic mass is 9.97. The predicted octanol–water partition coefficient (Wildman–Crippen LogP) is 2.41. The number of hydrogen-bond donors (Lipinski definition) is 0. The van der Waals surface area contributed by atoms with Crippen LogP contribution in [0.1, 0.15) is 25.7 Å². The third-order valence-corrected chi connectivity index (χ3v) is 4.88. The Morgan fingerprint density at radius 1 is 1.29 bits per heavy atom. The van der Waals surface area contributed by atoms with Crippen molar-refractivity contribution in [3.05, 3.63) is 24.4 Å². The highest BCUT2D eigenvalue weighted by Gasteiger charge is 2.26. The summed E-state index contributed by atoms with van der Waals surface area (Å²) in [6.45, 7) is 5.35. The molecule has 0 bridgehead atoms. The van der Waals surface area contributed by atoms with Crippen molar-refractivity contribution in [3.8, 4) is 0 Å². The Hall–Kier alpha value is -1.13. The molecule has 1 atom stereocenters. The van der Waals surface area contributed by atoms with Gasteiger partial charge in [-0.25, -0.2) is 4.98 Å². The van der Waals surface area contributed by atoms with E-state index in [-0.39, 0.29) is 0 Å². The highest BCUT2D eigenvalue weighted by atomic mass is 16.5. The van der Waals surface area contributed by atoms with Crippen LogP contribution in [0.5, 0.6) is 0 Å². The Morgan fingerprint density at radius 2 is 2.14 bits per heavy atom. The van der Waals surface area contributed by atoms with E-state index in [1.807, 2.05) is 12.3 Å². The molecule has 4 heteroatoms. The van der Waals surface area contributed by atoms with Crippen LogP contribution in [0.15, 0.2) is 24.4 Å². The minimum absolute atomic E-state index is 0.656. The second-order valence-corrected chi connectivity index (χ2v) is 6.43. The van der Waals surface area contributed by atoms with Crippen molar-refractivity contribution in [1.82, 2.24) is 9.88 Å². The fourth-order valence-electron chi connectivity index (χ4n) is 3.55. The van der Waals surface area contributed by atoms with Crippen molar-refractivity contribution >= 4 is 5.82 Å². The molecule has 0 aromatic carbocycles. The zero-order valence-corrected chi connectivity index (χ0v) is 13.1. The molecule has 0 spiro atoms. The molecular weight excluding hydrogens is 262 g/mol. The number of nitrogens with zero attached hydrogens (tertiary/aromatic N) is 3. The monoisotopic (exact) mass is 289 g/mol. The third kappa shape index (κ3) is 3.95. The van der Waals surface area contributed by atoms with Gasteiger partial charge in [-0.2, -0.15) is 0 Å². The van der Waals surface area contributed by atoms with E-state index >= 15 is 0 Å². The average molecular weight is 289 g/mol. The van der Waals surface area contributed by atoms with E-state index in [9.17, 15) is 0 Å². The number of hydrogen-bond acceptors (Lipinski definition) is 4. The SMILES string of the molecule is CN(CC1CCOCC1)C1CCCN(c2ccccn2)C1. The van der Waals surface area contributed by atoms with E-state index in [0.717, 1.165) is 38.0 Å². The number of anilines is 1. The molecule has 4 nitrogen and oxygen atoms in total. The number of aromatic nitrogens is 1. The molecule has 1 unspecified atom stereocenters.